The number of hydrogen-bond donors (Lipinski definition) is 2. The van der Waals surface area contributed by atoms with Crippen molar-refractivity contribution < 1.29 is 9.90 Å². The van der Waals surface area contributed by atoms with Crippen molar-refractivity contribution in [1.82, 2.24) is 5.32 Å². The summed E-state index contributed by atoms with van der Waals surface area (Å²) < 4.78 is 0.756. The van der Waals surface area contributed by atoms with Gasteiger partial charge in [-0.05, 0) is 31.4 Å². The zero-order valence-corrected chi connectivity index (χ0v) is 11.5. The van der Waals surface area contributed by atoms with E-state index in [-0.39, 0.29) is 12.0 Å². The van der Waals surface area contributed by atoms with Crippen LogP contribution in [0.3, 0.4) is 0 Å². The molecule has 1 aromatic rings. The van der Waals surface area contributed by atoms with Gasteiger partial charge >= 0.3 is 0 Å². The van der Waals surface area contributed by atoms with Crippen molar-refractivity contribution in [2.45, 2.75) is 38.7 Å². The average molecular weight is 276 g/mol. The first-order chi connectivity index (χ1) is 8.11. The molecule has 1 rings (SSSR count). The van der Waals surface area contributed by atoms with Gasteiger partial charge < -0.3 is 10.4 Å². The minimum Gasteiger partial charge on any atom is -0.393 e. The van der Waals surface area contributed by atoms with Gasteiger partial charge in [-0.3, -0.25) is 4.79 Å². The second kappa shape index (κ2) is 7.69. The Labute approximate surface area is 111 Å². The van der Waals surface area contributed by atoms with Gasteiger partial charge in [0.2, 0.25) is 5.91 Å². The maximum absolute atomic E-state index is 11.5. The molecule has 5 heteroatoms. The molecular formula is C12H18ClNO2S. The molecule has 1 aromatic heterocycles. The lowest BCUT2D eigenvalue weighted by atomic mass is 10.2. The van der Waals surface area contributed by atoms with Crippen LogP contribution in [0.4, 0.5) is 0 Å². The molecule has 0 radical (unpaired) electrons. The smallest absolute Gasteiger partial charge is 0.220 e. The predicted molar refractivity (Wildman–Crippen MR) is 71.6 cm³/mol. The second-order valence-corrected chi connectivity index (χ2v) is 5.71. The summed E-state index contributed by atoms with van der Waals surface area (Å²) in [5.74, 6) is 0.0258. The number of nitrogens with one attached hydrogen (secondary N) is 1. The van der Waals surface area contributed by atoms with E-state index in [1.807, 2.05) is 19.1 Å². The first-order valence-corrected chi connectivity index (χ1v) is 7.00. The predicted octanol–water partition coefficient (Wildman–Crippen LogP) is 2.61. The van der Waals surface area contributed by atoms with Crippen LogP contribution in [0.15, 0.2) is 12.1 Å². The Kier molecular flexibility index (Phi) is 6.55. The molecule has 0 saturated carbocycles. The molecule has 17 heavy (non-hydrogen) atoms. The van der Waals surface area contributed by atoms with Crippen molar-refractivity contribution in [3.05, 3.63) is 21.3 Å². The van der Waals surface area contributed by atoms with E-state index in [1.165, 1.54) is 11.3 Å². The van der Waals surface area contributed by atoms with Crippen molar-refractivity contribution in [1.29, 1.82) is 0 Å². The number of hydrogen-bond acceptors (Lipinski definition) is 3. The third-order valence-corrected chi connectivity index (χ3v) is 3.79. The van der Waals surface area contributed by atoms with E-state index in [9.17, 15) is 9.90 Å². The van der Waals surface area contributed by atoms with Gasteiger partial charge in [0.05, 0.1) is 10.4 Å². The highest BCUT2D eigenvalue weighted by Gasteiger charge is 2.05. The van der Waals surface area contributed by atoms with Gasteiger partial charge in [0, 0.05) is 17.8 Å². The van der Waals surface area contributed by atoms with Crippen LogP contribution in [0.1, 0.15) is 31.1 Å². The summed E-state index contributed by atoms with van der Waals surface area (Å²) >= 11 is 7.31. The average Bonchev–Trinajstić information content (AvgIpc) is 2.72. The molecule has 1 unspecified atom stereocenters. The van der Waals surface area contributed by atoms with Gasteiger partial charge in [0.1, 0.15) is 0 Å². The lowest BCUT2D eigenvalue weighted by molar-refractivity contribution is -0.121. The van der Waals surface area contributed by atoms with Crippen LogP contribution in [-0.4, -0.2) is 23.7 Å². The number of aliphatic hydroxyl groups excluding tert-OH is 1. The highest BCUT2D eigenvalue weighted by molar-refractivity contribution is 7.16. The van der Waals surface area contributed by atoms with Gasteiger partial charge in [-0.2, -0.15) is 0 Å². The molecular weight excluding hydrogens is 258 g/mol. The lowest BCUT2D eigenvalue weighted by Gasteiger charge is -2.08. The lowest BCUT2D eigenvalue weighted by Crippen LogP contribution is -2.27. The highest BCUT2D eigenvalue weighted by Crippen LogP contribution is 2.22. The minimum absolute atomic E-state index is 0.0258. The van der Waals surface area contributed by atoms with Gasteiger partial charge in [-0.25, -0.2) is 0 Å². The standard InChI is InChI=1S/C12H18ClNO2S/c1-2-9(15)7-8-14-12(16)6-4-10-3-5-11(13)17-10/h3,5,9,15H,2,4,6-8H2,1H3,(H,14,16). The molecule has 1 amide bonds. The summed E-state index contributed by atoms with van der Waals surface area (Å²) in [6, 6.07) is 3.79. The molecule has 2 N–H and O–H groups in total. The number of thiophene rings is 1. The van der Waals surface area contributed by atoms with Crippen molar-refractivity contribution in [3.8, 4) is 0 Å². The Morgan fingerprint density at radius 1 is 1.59 bits per heavy atom. The SMILES string of the molecule is CCC(O)CCNC(=O)CCc1ccc(Cl)s1. The number of aliphatic hydroxyl groups is 1. The van der Waals surface area contributed by atoms with E-state index in [0.717, 1.165) is 22.1 Å². The van der Waals surface area contributed by atoms with Crippen LogP contribution >= 0.6 is 22.9 Å². The number of rotatable bonds is 7. The fourth-order valence-corrected chi connectivity index (χ4v) is 2.48. The van der Waals surface area contributed by atoms with Crippen LogP contribution in [0.25, 0.3) is 0 Å². The summed E-state index contributed by atoms with van der Waals surface area (Å²) in [6.45, 7) is 2.46. The molecule has 0 aliphatic heterocycles. The normalized spacial score (nSPS) is 12.4. The van der Waals surface area contributed by atoms with Crippen molar-refractivity contribution in [2.24, 2.45) is 0 Å². The summed E-state index contributed by atoms with van der Waals surface area (Å²) in [5, 5.41) is 12.1. The van der Waals surface area contributed by atoms with Crippen molar-refractivity contribution in [3.63, 3.8) is 0 Å². The van der Waals surface area contributed by atoms with E-state index in [4.69, 9.17) is 11.6 Å². The second-order valence-electron chi connectivity index (χ2n) is 3.91. The molecule has 0 bridgehead atoms. The summed E-state index contributed by atoms with van der Waals surface area (Å²) in [6.07, 6.45) is 2.22. The monoisotopic (exact) mass is 275 g/mol. The van der Waals surface area contributed by atoms with Crippen LogP contribution < -0.4 is 5.32 Å². The van der Waals surface area contributed by atoms with Crippen LogP contribution in [0.2, 0.25) is 4.34 Å². The zero-order valence-electron chi connectivity index (χ0n) is 9.91. The van der Waals surface area contributed by atoms with Gasteiger partial charge in [0.25, 0.3) is 0 Å². The third-order valence-electron chi connectivity index (χ3n) is 2.50. The number of carbonyl (C=O) groups excluding carboxylic acids is 1. The number of halogens is 1. The zero-order chi connectivity index (χ0) is 12.7. The Morgan fingerprint density at radius 3 is 2.94 bits per heavy atom. The molecule has 0 aliphatic carbocycles. The summed E-state index contributed by atoms with van der Waals surface area (Å²) in [7, 11) is 0. The van der Waals surface area contributed by atoms with Gasteiger partial charge in [-0.1, -0.05) is 18.5 Å². The first kappa shape index (κ1) is 14.5. The van der Waals surface area contributed by atoms with E-state index < -0.39 is 0 Å². The molecule has 1 heterocycles. The van der Waals surface area contributed by atoms with Gasteiger partial charge in [0.15, 0.2) is 0 Å². The van der Waals surface area contributed by atoms with Gasteiger partial charge in [-0.15, -0.1) is 11.3 Å². The van der Waals surface area contributed by atoms with E-state index in [0.29, 0.717) is 19.4 Å². The molecule has 0 aromatic carbocycles. The van der Waals surface area contributed by atoms with E-state index in [2.05, 4.69) is 5.32 Å². The van der Waals surface area contributed by atoms with E-state index >= 15 is 0 Å². The summed E-state index contributed by atoms with van der Waals surface area (Å²) in [5.41, 5.74) is 0. The third kappa shape index (κ3) is 6.05. The highest BCUT2D eigenvalue weighted by atomic mass is 35.5. The van der Waals surface area contributed by atoms with Crippen LogP contribution in [0, 0.1) is 0 Å². The minimum atomic E-state index is -0.314. The topological polar surface area (TPSA) is 49.3 Å². The maximum Gasteiger partial charge on any atom is 0.220 e. The molecule has 3 nitrogen and oxygen atoms in total. The van der Waals surface area contributed by atoms with Crippen molar-refractivity contribution >= 4 is 28.8 Å². The maximum atomic E-state index is 11.5. The molecule has 0 fully saturated rings. The molecule has 0 saturated heterocycles. The Hall–Kier alpha value is -0.580. The van der Waals surface area contributed by atoms with Crippen LogP contribution in [-0.2, 0) is 11.2 Å². The summed E-state index contributed by atoms with van der Waals surface area (Å²) in [4.78, 5) is 12.6. The Bertz CT molecular complexity index is 354. The quantitative estimate of drug-likeness (QED) is 0.804. The molecule has 1 atom stereocenters. The molecule has 96 valence electrons. The fourth-order valence-electron chi connectivity index (χ4n) is 1.39. The number of carbonyl (C=O) groups is 1. The Balaban J connectivity index is 2.13. The van der Waals surface area contributed by atoms with E-state index in [1.54, 1.807) is 0 Å². The molecule has 0 aliphatic rings. The largest absolute Gasteiger partial charge is 0.393 e. The Morgan fingerprint density at radius 2 is 2.35 bits per heavy atom. The number of aryl methyl sites for hydroxylation is 1. The number of amides is 1. The molecule has 0 spiro atoms. The first-order valence-electron chi connectivity index (χ1n) is 5.80. The van der Waals surface area contributed by atoms with Crippen molar-refractivity contribution in [2.75, 3.05) is 6.54 Å². The van der Waals surface area contributed by atoms with Crippen LogP contribution in [0.5, 0.6) is 0 Å². The fraction of sp³-hybridized carbons (Fsp3) is 0.583.